The first-order valence-electron chi connectivity index (χ1n) is 9.11. The van der Waals surface area contributed by atoms with E-state index in [4.69, 9.17) is 13.9 Å². The summed E-state index contributed by atoms with van der Waals surface area (Å²) in [5, 5.41) is 8.36. The summed E-state index contributed by atoms with van der Waals surface area (Å²) in [7, 11) is 1.62. The van der Waals surface area contributed by atoms with E-state index in [1.54, 1.807) is 19.2 Å². The zero-order valence-electron chi connectivity index (χ0n) is 14.9. The molecule has 0 unspecified atom stereocenters. The molecule has 26 heavy (non-hydrogen) atoms. The Bertz CT molecular complexity index is 746. The minimum Gasteiger partial charge on any atom is -0.497 e. The van der Waals surface area contributed by atoms with Crippen molar-refractivity contribution in [3.8, 4) is 11.5 Å². The van der Waals surface area contributed by atoms with Crippen LogP contribution in [0.5, 0.6) is 11.5 Å². The molecule has 2 aliphatic rings. The summed E-state index contributed by atoms with van der Waals surface area (Å²) in [5.41, 5.74) is 0. The Kier molecular flexibility index (Phi) is 4.77. The number of rotatable bonds is 6. The number of nitrogens with zero attached hydrogens (tertiary/aromatic N) is 3. The number of hydrogen-bond acceptors (Lipinski definition) is 6. The Hall–Kier alpha value is -2.57. The molecule has 7 nitrogen and oxygen atoms in total. The number of carbonyl (C=O) groups excluding carboxylic acids is 1. The van der Waals surface area contributed by atoms with Gasteiger partial charge < -0.3 is 18.8 Å². The van der Waals surface area contributed by atoms with Gasteiger partial charge in [-0.25, -0.2) is 0 Å². The van der Waals surface area contributed by atoms with Crippen molar-refractivity contribution in [3.63, 3.8) is 0 Å². The molecule has 1 saturated heterocycles. The molecule has 0 radical (unpaired) electrons. The average Bonchev–Trinajstić information content (AvgIpc) is 3.43. The maximum atomic E-state index is 12.4. The third-order valence-corrected chi connectivity index (χ3v) is 5.00. The van der Waals surface area contributed by atoms with Gasteiger partial charge in [-0.15, -0.1) is 10.2 Å². The summed E-state index contributed by atoms with van der Waals surface area (Å²) >= 11 is 0. The standard InChI is InChI=1S/C19H23N3O4/c1-24-15-4-6-16(7-5-15)25-12-17(23)22-10-8-14(9-11-22)19-21-20-18(26-19)13-2-3-13/h4-7,13-14H,2-3,8-12H2,1H3. The summed E-state index contributed by atoms with van der Waals surface area (Å²) < 4.78 is 16.5. The molecule has 1 aromatic carbocycles. The van der Waals surface area contributed by atoms with Gasteiger partial charge in [-0.05, 0) is 49.9 Å². The van der Waals surface area contributed by atoms with Crippen LogP contribution in [0.3, 0.4) is 0 Å². The number of ether oxygens (including phenoxy) is 2. The molecular formula is C19H23N3O4. The van der Waals surface area contributed by atoms with E-state index < -0.39 is 0 Å². The van der Waals surface area contributed by atoms with Crippen LogP contribution in [0.1, 0.15) is 49.3 Å². The summed E-state index contributed by atoms with van der Waals surface area (Å²) in [4.78, 5) is 14.2. The monoisotopic (exact) mass is 357 g/mol. The SMILES string of the molecule is COc1ccc(OCC(=O)N2CCC(c3nnc(C4CC4)o3)CC2)cc1. The number of amides is 1. The third-order valence-electron chi connectivity index (χ3n) is 5.00. The van der Waals surface area contributed by atoms with Crippen molar-refractivity contribution in [1.29, 1.82) is 0 Å². The second kappa shape index (κ2) is 7.35. The minimum atomic E-state index is 0.00321. The first-order valence-corrected chi connectivity index (χ1v) is 9.11. The Morgan fingerprint density at radius 1 is 1.04 bits per heavy atom. The summed E-state index contributed by atoms with van der Waals surface area (Å²) in [6.07, 6.45) is 4.01. The van der Waals surface area contributed by atoms with Gasteiger partial charge in [0.05, 0.1) is 7.11 Å². The van der Waals surface area contributed by atoms with Crippen LogP contribution in [-0.2, 0) is 4.79 Å². The van der Waals surface area contributed by atoms with Crippen LogP contribution in [0.25, 0.3) is 0 Å². The summed E-state index contributed by atoms with van der Waals surface area (Å²) in [6, 6.07) is 7.22. The molecule has 1 aliphatic heterocycles. The molecule has 1 amide bonds. The Labute approximate surface area is 152 Å². The van der Waals surface area contributed by atoms with Gasteiger partial charge in [0, 0.05) is 24.9 Å². The highest BCUT2D eigenvalue weighted by Crippen LogP contribution is 2.40. The summed E-state index contributed by atoms with van der Waals surface area (Å²) in [6.45, 7) is 1.43. The van der Waals surface area contributed by atoms with Crippen molar-refractivity contribution in [2.75, 3.05) is 26.8 Å². The normalized spacial score (nSPS) is 18.0. The van der Waals surface area contributed by atoms with Crippen LogP contribution < -0.4 is 9.47 Å². The second-order valence-corrected chi connectivity index (χ2v) is 6.87. The minimum absolute atomic E-state index is 0.00321. The Morgan fingerprint density at radius 3 is 2.19 bits per heavy atom. The van der Waals surface area contributed by atoms with Gasteiger partial charge in [0.25, 0.3) is 5.91 Å². The van der Waals surface area contributed by atoms with Crippen molar-refractivity contribution >= 4 is 5.91 Å². The third kappa shape index (κ3) is 3.81. The summed E-state index contributed by atoms with van der Waals surface area (Å²) in [5.74, 6) is 3.67. The first-order chi connectivity index (χ1) is 12.7. The molecule has 1 aliphatic carbocycles. The Balaban J connectivity index is 1.24. The predicted molar refractivity (Wildman–Crippen MR) is 93.3 cm³/mol. The van der Waals surface area contributed by atoms with Crippen molar-refractivity contribution < 1.29 is 18.7 Å². The molecule has 1 saturated carbocycles. The molecule has 1 aromatic heterocycles. The van der Waals surface area contributed by atoms with Crippen LogP contribution in [0.4, 0.5) is 0 Å². The topological polar surface area (TPSA) is 77.7 Å². The highest BCUT2D eigenvalue weighted by molar-refractivity contribution is 5.77. The number of carbonyl (C=O) groups is 1. The van der Waals surface area contributed by atoms with Gasteiger partial charge in [-0.1, -0.05) is 0 Å². The van der Waals surface area contributed by atoms with Crippen molar-refractivity contribution in [1.82, 2.24) is 15.1 Å². The lowest BCUT2D eigenvalue weighted by Gasteiger charge is -2.30. The number of piperidine rings is 1. The maximum absolute atomic E-state index is 12.4. The number of hydrogen-bond donors (Lipinski definition) is 0. The quantitative estimate of drug-likeness (QED) is 0.791. The van der Waals surface area contributed by atoms with Crippen LogP contribution in [0, 0.1) is 0 Å². The van der Waals surface area contributed by atoms with Crippen LogP contribution in [0.15, 0.2) is 28.7 Å². The van der Waals surface area contributed by atoms with Gasteiger partial charge in [0.15, 0.2) is 6.61 Å². The number of benzene rings is 1. The zero-order valence-corrected chi connectivity index (χ0v) is 14.9. The van der Waals surface area contributed by atoms with E-state index in [1.165, 1.54) is 0 Å². The van der Waals surface area contributed by atoms with E-state index in [0.29, 0.717) is 24.8 Å². The molecule has 2 aromatic rings. The van der Waals surface area contributed by atoms with Gasteiger partial charge in [-0.3, -0.25) is 4.79 Å². The Morgan fingerprint density at radius 2 is 1.62 bits per heavy atom. The van der Waals surface area contributed by atoms with Gasteiger partial charge in [0.2, 0.25) is 11.8 Å². The van der Waals surface area contributed by atoms with Crippen molar-refractivity contribution in [3.05, 3.63) is 36.0 Å². The van der Waals surface area contributed by atoms with Crippen LogP contribution in [-0.4, -0.2) is 47.8 Å². The van der Waals surface area contributed by atoms with Crippen LogP contribution in [0.2, 0.25) is 0 Å². The molecule has 7 heteroatoms. The second-order valence-electron chi connectivity index (χ2n) is 6.87. The van der Waals surface area contributed by atoms with E-state index >= 15 is 0 Å². The lowest BCUT2D eigenvalue weighted by atomic mass is 9.97. The van der Waals surface area contributed by atoms with Gasteiger partial charge in [-0.2, -0.15) is 0 Å². The highest BCUT2D eigenvalue weighted by atomic mass is 16.5. The zero-order chi connectivity index (χ0) is 17.9. The van der Waals surface area contributed by atoms with Crippen molar-refractivity contribution in [2.24, 2.45) is 0 Å². The fourth-order valence-corrected chi connectivity index (χ4v) is 3.19. The van der Waals surface area contributed by atoms with E-state index in [9.17, 15) is 4.79 Å². The molecule has 0 N–H and O–H groups in total. The highest BCUT2D eigenvalue weighted by Gasteiger charge is 2.32. The van der Waals surface area contributed by atoms with E-state index in [-0.39, 0.29) is 18.4 Å². The largest absolute Gasteiger partial charge is 0.497 e. The van der Waals surface area contributed by atoms with Gasteiger partial charge >= 0.3 is 0 Å². The molecule has 2 heterocycles. The molecule has 0 spiro atoms. The first kappa shape index (κ1) is 16.9. The van der Waals surface area contributed by atoms with E-state index in [1.807, 2.05) is 17.0 Å². The smallest absolute Gasteiger partial charge is 0.260 e. The molecule has 4 rings (SSSR count). The molecule has 0 bridgehead atoms. The fraction of sp³-hybridized carbons (Fsp3) is 0.526. The number of likely N-dealkylation sites (tertiary alicyclic amines) is 1. The van der Waals surface area contributed by atoms with E-state index in [0.717, 1.165) is 43.2 Å². The predicted octanol–water partition coefficient (Wildman–Crippen LogP) is 2.74. The average molecular weight is 357 g/mol. The lowest BCUT2D eigenvalue weighted by Crippen LogP contribution is -2.40. The lowest BCUT2D eigenvalue weighted by molar-refractivity contribution is -0.134. The van der Waals surface area contributed by atoms with Crippen LogP contribution >= 0.6 is 0 Å². The fourth-order valence-electron chi connectivity index (χ4n) is 3.19. The molecular weight excluding hydrogens is 334 g/mol. The maximum Gasteiger partial charge on any atom is 0.260 e. The molecule has 138 valence electrons. The van der Waals surface area contributed by atoms with E-state index in [2.05, 4.69) is 10.2 Å². The number of aromatic nitrogens is 2. The van der Waals surface area contributed by atoms with Gasteiger partial charge in [0.1, 0.15) is 11.5 Å². The number of methoxy groups -OCH3 is 1. The molecule has 2 fully saturated rings. The molecule has 0 atom stereocenters. The van der Waals surface area contributed by atoms with Crippen molar-refractivity contribution in [2.45, 2.75) is 37.5 Å².